The average Bonchev–Trinajstić information content (AvgIpc) is 2.95. The molecule has 2 aromatic heterocycles. The third kappa shape index (κ3) is 5.23. The number of rotatable bonds is 7. The Morgan fingerprint density at radius 1 is 1.22 bits per heavy atom. The normalized spacial score (nSPS) is 13.5. The highest BCUT2D eigenvalue weighted by atomic mass is 15.2. The molecule has 0 amide bonds. The van der Waals surface area contributed by atoms with Crippen molar-refractivity contribution in [2.45, 2.75) is 46.1 Å². The minimum Gasteiger partial charge on any atom is -0.356 e. The van der Waals surface area contributed by atoms with Gasteiger partial charge in [-0.2, -0.15) is 0 Å². The second kappa shape index (κ2) is 8.50. The Kier molecular flexibility index (Phi) is 6.38. The summed E-state index contributed by atoms with van der Waals surface area (Å²) in [6.07, 6.45) is 5.15. The van der Waals surface area contributed by atoms with Crippen LogP contribution < -0.4 is 10.6 Å². The van der Waals surface area contributed by atoms with E-state index in [1.165, 1.54) is 6.42 Å². The number of hydrogen-bond acceptors (Lipinski definition) is 3. The molecule has 23 heavy (non-hydrogen) atoms. The van der Waals surface area contributed by atoms with Crippen LogP contribution in [-0.2, 0) is 6.42 Å². The lowest BCUT2D eigenvalue weighted by atomic mass is 10.0. The molecule has 0 saturated carbocycles. The average molecular weight is 316 g/mol. The number of pyridine rings is 1. The van der Waals surface area contributed by atoms with E-state index >= 15 is 0 Å². The van der Waals surface area contributed by atoms with Crippen LogP contribution in [0.4, 0.5) is 0 Å². The van der Waals surface area contributed by atoms with Crippen LogP contribution in [0.1, 0.15) is 39.4 Å². The fourth-order valence-corrected chi connectivity index (χ4v) is 2.44. The van der Waals surface area contributed by atoms with E-state index < -0.39 is 0 Å². The Bertz CT molecular complexity index is 631. The summed E-state index contributed by atoms with van der Waals surface area (Å²) in [5.41, 5.74) is 0.882. The summed E-state index contributed by atoms with van der Waals surface area (Å²) in [7, 11) is 1.80. The van der Waals surface area contributed by atoms with E-state index in [1.807, 2.05) is 28.8 Å². The van der Waals surface area contributed by atoms with E-state index in [2.05, 4.69) is 46.6 Å². The fourth-order valence-electron chi connectivity index (χ4n) is 2.44. The Balaban J connectivity index is 1.79. The van der Waals surface area contributed by atoms with Crippen molar-refractivity contribution in [3.8, 4) is 0 Å². The Morgan fingerprint density at radius 3 is 2.78 bits per heavy atom. The third-order valence-corrected chi connectivity index (χ3v) is 3.81. The highest BCUT2D eigenvalue weighted by Crippen LogP contribution is 2.06. The van der Waals surface area contributed by atoms with E-state index in [1.54, 1.807) is 7.05 Å². The number of fused-ring (bicyclic) bond motifs is 1. The van der Waals surface area contributed by atoms with Crippen molar-refractivity contribution in [2.75, 3.05) is 13.6 Å². The standard InChI is InChI=1S/C17H28N6/c1-13(2)8-9-14(3)20-17(18-4)19-11-10-16-22-21-15-7-5-6-12-23(15)16/h5-7,12-14H,8-11H2,1-4H3,(H2,18,19,20). The lowest BCUT2D eigenvalue weighted by molar-refractivity contribution is 0.489. The van der Waals surface area contributed by atoms with Crippen molar-refractivity contribution >= 4 is 11.6 Å². The number of guanidine groups is 1. The van der Waals surface area contributed by atoms with E-state index in [0.717, 1.165) is 42.7 Å². The molecule has 0 bridgehead atoms. The highest BCUT2D eigenvalue weighted by molar-refractivity contribution is 5.79. The monoisotopic (exact) mass is 316 g/mol. The van der Waals surface area contributed by atoms with Crippen LogP contribution in [-0.4, -0.2) is 40.2 Å². The molecule has 0 aromatic carbocycles. The van der Waals surface area contributed by atoms with Gasteiger partial charge >= 0.3 is 0 Å². The van der Waals surface area contributed by atoms with Crippen molar-refractivity contribution in [1.82, 2.24) is 25.2 Å². The first kappa shape index (κ1) is 17.2. The molecule has 2 rings (SSSR count). The van der Waals surface area contributed by atoms with Gasteiger partial charge in [-0.1, -0.05) is 19.9 Å². The molecule has 6 nitrogen and oxygen atoms in total. The Labute approximate surface area is 138 Å². The molecule has 0 aliphatic carbocycles. The van der Waals surface area contributed by atoms with Crippen LogP contribution in [0.5, 0.6) is 0 Å². The molecule has 0 fully saturated rings. The van der Waals surface area contributed by atoms with Gasteiger partial charge in [0.2, 0.25) is 0 Å². The molecule has 126 valence electrons. The number of aliphatic imine (C=N–C) groups is 1. The minimum atomic E-state index is 0.414. The summed E-state index contributed by atoms with van der Waals surface area (Å²) in [5, 5.41) is 15.2. The van der Waals surface area contributed by atoms with Crippen molar-refractivity contribution in [3.63, 3.8) is 0 Å². The molecule has 0 spiro atoms. The van der Waals surface area contributed by atoms with Gasteiger partial charge in [-0.3, -0.25) is 9.39 Å². The molecule has 2 heterocycles. The molecule has 2 N–H and O–H groups in total. The van der Waals surface area contributed by atoms with Crippen molar-refractivity contribution in [1.29, 1.82) is 0 Å². The van der Waals surface area contributed by atoms with Crippen LogP contribution in [0.2, 0.25) is 0 Å². The number of aromatic nitrogens is 3. The first-order valence-corrected chi connectivity index (χ1v) is 8.36. The van der Waals surface area contributed by atoms with Crippen LogP contribution in [0.3, 0.4) is 0 Å². The van der Waals surface area contributed by atoms with Crippen molar-refractivity contribution in [3.05, 3.63) is 30.2 Å². The fraction of sp³-hybridized carbons (Fsp3) is 0.588. The largest absolute Gasteiger partial charge is 0.356 e. The van der Waals surface area contributed by atoms with Crippen LogP contribution >= 0.6 is 0 Å². The van der Waals surface area contributed by atoms with Crippen molar-refractivity contribution < 1.29 is 0 Å². The van der Waals surface area contributed by atoms with E-state index in [-0.39, 0.29) is 0 Å². The molecule has 1 unspecified atom stereocenters. The zero-order valence-electron chi connectivity index (χ0n) is 14.6. The van der Waals surface area contributed by atoms with Gasteiger partial charge in [-0.25, -0.2) is 0 Å². The molecule has 2 aromatic rings. The lowest BCUT2D eigenvalue weighted by Gasteiger charge is -2.18. The van der Waals surface area contributed by atoms with Gasteiger partial charge in [0.1, 0.15) is 5.82 Å². The summed E-state index contributed by atoms with van der Waals surface area (Å²) in [4.78, 5) is 4.29. The third-order valence-electron chi connectivity index (χ3n) is 3.81. The van der Waals surface area contributed by atoms with Gasteiger partial charge in [0, 0.05) is 32.3 Å². The number of hydrogen-bond donors (Lipinski definition) is 2. The molecule has 1 atom stereocenters. The summed E-state index contributed by atoms with van der Waals surface area (Å²) >= 11 is 0. The number of nitrogens with one attached hydrogen (secondary N) is 2. The topological polar surface area (TPSA) is 66.6 Å². The summed E-state index contributed by atoms with van der Waals surface area (Å²) in [5.74, 6) is 2.53. The summed E-state index contributed by atoms with van der Waals surface area (Å²) < 4.78 is 2.02. The van der Waals surface area contributed by atoms with Crippen LogP contribution in [0.15, 0.2) is 29.4 Å². The molecule has 0 radical (unpaired) electrons. The first-order chi connectivity index (χ1) is 11.1. The summed E-state index contributed by atoms with van der Waals surface area (Å²) in [6, 6.07) is 6.33. The maximum absolute atomic E-state index is 4.29. The Morgan fingerprint density at radius 2 is 2.04 bits per heavy atom. The van der Waals surface area contributed by atoms with Gasteiger partial charge < -0.3 is 10.6 Å². The first-order valence-electron chi connectivity index (χ1n) is 8.36. The van der Waals surface area contributed by atoms with E-state index in [9.17, 15) is 0 Å². The summed E-state index contributed by atoms with van der Waals surface area (Å²) in [6.45, 7) is 7.47. The molecule has 0 aliphatic rings. The second-order valence-electron chi connectivity index (χ2n) is 6.31. The quantitative estimate of drug-likeness (QED) is 0.607. The second-order valence-corrected chi connectivity index (χ2v) is 6.31. The lowest BCUT2D eigenvalue weighted by Crippen LogP contribution is -2.43. The van der Waals surface area contributed by atoms with E-state index in [4.69, 9.17) is 0 Å². The number of nitrogens with zero attached hydrogens (tertiary/aromatic N) is 4. The van der Waals surface area contributed by atoms with Gasteiger partial charge in [-0.15, -0.1) is 10.2 Å². The molecule has 0 aliphatic heterocycles. The van der Waals surface area contributed by atoms with Gasteiger partial charge in [-0.05, 0) is 37.8 Å². The van der Waals surface area contributed by atoms with Crippen LogP contribution in [0.25, 0.3) is 5.65 Å². The minimum absolute atomic E-state index is 0.414. The van der Waals surface area contributed by atoms with Crippen molar-refractivity contribution in [2.24, 2.45) is 10.9 Å². The Hall–Kier alpha value is -2.11. The van der Waals surface area contributed by atoms with E-state index in [0.29, 0.717) is 6.04 Å². The maximum Gasteiger partial charge on any atom is 0.191 e. The smallest absolute Gasteiger partial charge is 0.191 e. The zero-order chi connectivity index (χ0) is 16.7. The molecular weight excluding hydrogens is 288 g/mol. The van der Waals surface area contributed by atoms with Gasteiger partial charge in [0.25, 0.3) is 0 Å². The molecule has 0 saturated heterocycles. The SMILES string of the molecule is CN=C(NCCc1nnc2ccccn12)NC(C)CCC(C)C. The zero-order valence-corrected chi connectivity index (χ0v) is 14.6. The van der Waals surface area contributed by atoms with Gasteiger partial charge in [0.05, 0.1) is 0 Å². The van der Waals surface area contributed by atoms with Gasteiger partial charge in [0.15, 0.2) is 11.6 Å². The highest BCUT2D eigenvalue weighted by Gasteiger charge is 2.08. The molecule has 6 heteroatoms. The predicted octanol–water partition coefficient (Wildman–Crippen LogP) is 2.26. The molecular formula is C17H28N6. The maximum atomic E-state index is 4.29. The predicted molar refractivity (Wildman–Crippen MR) is 94.7 cm³/mol. The van der Waals surface area contributed by atoms with Crippen LogP contribution in [0, 0.1) is 5.92 Å².